The van der Waals surface area contributed by atoms with Crippen LogP contribution in [0.4, 0.5) is 41.6 Å². The number of benzene rings is 2. The Labute approximate surface area is 230 Å². The summed E-state index contributed by atoms with van der Waals surface area (Å²) in [5, 5.41) is 9.74. The van der Waals surface area contributed by atoms with Crippen molar-refractivity contribution in [3.8, 4) is 5.75 Å². The highest BCUT2D eigenvalue weighted by Crippen LogP contribution is 2.45. The molecule has 1 aliphatic heterocycles. The van der Waals surface area contributed by atoms with Crippen molar-refractivity contribution in [3.63, 3.8) is 0 Å². The van der Waals surface area contributed by atoms with Gasteiger partial charge in [0.05, 0.1) is 43.7 Å². The van der Waals surface area contributed by atoms with Gasteiger partial charge < -0.3 is 19.3 Å². The van der Waals surface area contributed by atoms with Gasteiger partial charge in [0.2, 0.25) is 0 Å². The zero-order valence-electron chi connectivity index (χ0n) is 22.2. The van der Waals surface area contributed by atoms with E-state index in [0.29, 0.717) is 12.1 Å². The van der Waals surface area contributed by atoms with Crippen molar-refractivity contribution in [3.05, 3.63) is 58.1 Å². The van der Waals surface area contributed by atoms with Crippen LogP contribution in [0.2, 0.25) is 0 Å². The molecule has 3 rings (SSSR count). The van der Waals surface area contributed by atoms with Crippen molar-refractivity contribution in [2.45, 2.75) is 51.2 Å². The number of amides is 2. The van der Waals surface area contributed by atoms with E-state index in [1.165, 1.54) is 18.1 Å². The van der Waals surface area contributed by atoms with E-state index >= 15 is 0 Å². The number of carbonyl (C=O) groups excluding carboxylic acids is 2. The Morgan fingerprint density at radius 2 is 1.59 bits per heavy atom. The summed E-state index contributed by atoms with van der Waals surface area (Å²) in [6.07, 6.45) is -12.3. The second-order valence-corrected chi connectivity index (χ2v) is 9.10. The number of hydrogen-bond donors (Lipinski definition) is 1. The lowest BCUT2D eigenvalue weighted by molar-refractivity contribution is -0.143. The monoisotopic (exact) mass is 592 g/mol. The lowest BCUT2D eigenvalue weighted by Crippen LogP contribution is -2.47. The number of ether oxygens (including phenoxy) is 3. The molecule has 41 heavy (non-hydrogen) atoms. The van der Waals surface area contributed by atoms with Crippen LogP contribution in [0.25, 0.3) is 0 Å². The Morgan fingerprint density at radius 3 is 2.05 bits per heavy atom. The third kappa shape index (κ3) is 6.60. The van der Waals surface area contributed by atoms with Crippen molar-refractivity contribution < 1.29 is 60.0 Å². The topological polar surface area (TPSA) is 106 Å². The molecular formula is C26H26F6N2O7. The number of nitrogens with zero attached hydrogens (tertiary/aromatic N) is 2. The number of aromatic carboxylic acids is 1. The first kappa shape index (κ1) is 31.4. The minimum atomic E-state index is -5.12. The summed E-state index contributed by atoms with van der Waals surface area (Å²) in [6.45, 7) is 2.36. The molecule has 1 aliphatic rings. The molecule has 2 aromatic rings. The molecule has 15 heteroatoms. The summed E-state index contributed by atoms with van der Waals surface area (Å²) in [4.78, 5) is 39.9. The molecule has 2 atom stereocenters. The smallest absolute Gasteiger partial charge is 0.416 e. The molecule has 0 spiro atoms. The lowest BCUT2D eigenvalue weighted by atomic mass is 9.88. The highest BCUT2D eigenvalue weighted by atomic mass is 19.4. The molecular weight excluding hydrogens is 566 g/mol. The third-order valence-electron chi connectivity index (χ3n) is 6.45. The minimum absolute atomic E-state index is 0.00344. The van der Waals surface area contributed by atoms with Crippen LogP contribution in [-0.4, -0.2) is 55.0 Å². The summed E-state index contributed by atoms with van der Waals surface area (Å²) in [7, 11) is 2.16. The van der Waals surface area contributed by atoms with Crippen molar-refractivity contribution in [2.24, 2.45) is 0 Å². The number of rotatable bonds is 6. The second kappa shape index (κ2) is 11.7. The van der Waals surface area contributed by atoms with Gasteiger partial charge in [-0.3, -0.25) is 9.80 Å². The van der Waals surface area contributed by atoms with Crippen LogP contribution in [0.3, 0.4) is 0 Å². The van der Waals surface area contributed by atoms with Crippen LogP contribution in [0.1, 0.15) is 58.9 Å². The third-order valence-corrected chi connectivity index (χ3v) is 6.45. The fraction of sp³-hybridized carbons (Fsp3) is 0.423. The normalized spacial score (nSPS) is 17.0. The first-order valence-corrected chi connectivity index (χ1v) is 12.1. The van der Waals surface area contributed by atoms with E-state index in [9.17, 15) is 45.8 Å². The van der Waals surface area contributed by atoms with Crippen LogP contribution in [0.5, 0.6) is 5.75 Å². The fourth-order valence-corrected chi connectivity index (χ4v) is 4.68. The maximum absolute atomic E-state index is 13.5. The summed E-state index contributed by atoms with van der Waals surface area (Å²) in [5.74, 6) is -1.57. The molecule has 0 saturated carbocycles. The number of halogens is 6. The van der Waals surface area contributed by atoms with E-state index in [1.807, 2.05) is 0 Å². The molecule has 2 unspecified atom stereocenters. The molecule has 224 valence electrons. The number of fused-ring (bicyclic) bond motifs is 1. The SMILES string of the molecule is CCOC(=O)N1c2cc(OC)c(C(=O)O)cc2C(N(Cc2cc(C(F)(F)F)cc(C(F)(F)F)c2)C(=O)OC)CC1C. The van der Waals surface area contributed by atoms with Gasteiger partial charge in [-0.05, 0) is 55.7 Å². The van der Waals surface area contributed by atoms with Gasteiger partial charge in [-0.15, -0.1) is 0 Å². The number of hydrogen-bond acceptors (Lipinski definition) is 6. The Kier molecular flexibility index (Phi) is 8.98. The second-order valence-electron chi connectivity index (χ2n) is 9.10. The van der Waals surface area contributed by atoms with Crippen LogP contribution in [0.15, 0.2) is 30.3 Å². The quantitative estimate of drug-likeness (QED) is 0.382. The molecule has 0 radical (unpaired) electrons. The first-order valence-electron chi connectivity index (χ1n) is 12.1. The predicted molar refractivity (Wildman–Crippen MR) is 131 cm³/mol. The number of carboxylic acids is 1. The van der Waals surface area contributed by atoms with Gasteiger partial charge in [-0.25, -0.2) is 14.4 Å². The van der Waals surface area contributed by atoms with Crippen LogP contribution in [0, 0.1) is 0 Å². The summed E-state index contributed by atoms with van der Waals surface area (Å²) >= 11 is 0. The number of carbonyl (C=O) groups is 3. The molecule has 1 N–H and O–H groups in total. The van der Waals surface area contributed by atoms with Crippen molar-refractivity contribution >= 4 is 23.8 Å². The fourth-order valence-electron chi connectivity index (χ4n) is 4.68. The summed E-state index contributed by atoms with van der Waals surface area (Å²) < 4.78 is 96.0. The number of carboxylic acid groups (broad SMARTS) is 1. The number of alkyl halides is 6. The van der Waals surface area contributed by atoms with Crippen molar-refractivity contribution in [1.82, 2.24) is 4.90 Å². The van der Waals surface area contributed by atoms with Gasteiger partial charge in [0.1, 0.15) is 11.3 Å². The van der Waals surface area contributed by atoms with Gasteiger partial charge >= 0.3 is 30.5 Å². The number of anilines is 1. The van der Waals surface area contributed by atoms with Gasteiger partial charge in [-0.2, -0.15) is 26.3 Å². The summed E-state index contributed by atoms with van der Waals surface area (Å²) in [5.41, 5.74) is -3.89. The molecule has 2 amide bonds. The maximum atomic E-state index is 13.5. The van der Waals surface area contributed by atoms with Crippen LogP contribution < -0.4 is 9.64 Å². The zero-order valence-corrected chi connectivity index (χ0v) is 22.2. The van der Waals surface area contributed by atoms with E-state index in [2.05, 4.69) is 0 Å². The Hall–Kier alpha value is -4.17. The molecule has 9 nitrogen and oxygen atoms in total. The van der Waals surface area contributed by atoms with Gasteiger partial charge in [0.15, 0.2) is 0 Å². The summed E-state index contributed by atoms with van der Waals surface area (Å²) in [6, 6.07) is 1.42. The van der Waals surface area contributed by atoms with Gasteiger partial charge in [0.25, 0.3) is 0 Å². The minimum Gasteiger partial charge on any atom is -0.496 e. The van der Waals surface area contributed by atoms with Crippen molar-refractivity contribution in [1.29, 1.82) is 0 Å². The van der Waals surface area contributed by atoms with Gasteiger partial charge in [0, 0.05) is 18.7 Å². The zero-order chi connectivity index (χ0) is 30.9. The average molecular weight is 592 g/mol. The van der Waals surface area contributed by atoms with E-state index in [-0.39, 0.29) is 41.7 Å². The number of methoxy groups -OCH3 is 2. The predicted octanol–water partition coefficient (Wildman–Crippen LogP) is 6.50. The Morgan fingerprint density at radius 1 is 1.00 bits per heavy atom. The standard InChI is InChI=1S/C26H26F6N2O7/c1-5-41-24(38)34-13(2)6-19(17-10-18(22(35)36)21(39-3)11-20(17)34)33(23(37)40-4)12-14-7-15(25(27,28)29)9-16(8-14)26(30,31)32/h7-11,13,19H,5-6,12H2,1-4H3,(H,35,36). The van der Waals surface area contributed by atoms with E-state index in [4.69, 9.17) is 14.2 Å². The Balaban J connectivity index is 2.24. The molecule has 0 aromatic heterocycles. The lowest BCUT2D eigenvalue weighted by Gasteiger charge is -2.42. The largest absolute Gasteiger partial charge is 0.496 e. The molecule has 2 aromatic carbocycles. The molecule has 0 saturated heterocycles. The van der Waals surface area contributed by atoms with E-state index in [0.717, 1.165) is 18.1 Å². The Bertz CT molecular complexity index is 1300. The maximum Gasteiger partial charge on any atom is 0.416 e. The van der Waals surface area contributed by atoms with Crippen molar-refractivity contribution in [2.75, 3.05) is 25.7 Å². The highest BCUT2D eigenvalue weighted by molar-refractivity contribution is 5.96. The molecule has 0 fully saturated rings. The molecule has 1 heterocycles. The van der Waals surface area contributed by atoms with E-state index in [1.54, 1.807) is 13.8 Å². The van der Waals surface area contributed by atoms with Crippen LogP contribution in [-0.2, 0) is 28.4 Å². The van der Waals surface area contributed by atoms with Gasteiger partial charge in [-0.1, -0.05) is 0 Å². The molecule has 0 aliphatic carbocycles. The highest BCUT2D eigenvalue weighted by Gasteiger charge is 2.42. The average Bonchev–Trinajstić information content (AvgIpc) is 2.88. The van der Waals surface area contributed by atoms with Crippen LogP contribution >= 0.6 is 0 Å². The first-order chi connectivity index (χ1) is 19.0. The van der Waals surface area contributed by atoms with E-state index < -0.39 is 65.8 Å². The molecule has 0 bridgehead atoms.